The Bertz CT molecular complexity index is 435. The van der Waals surface area contributed by atoms with Crippen LogP contribution in [0.15, 0.2) is 12.1 Å². The van der Waals surface area contributed by atoms with E-state index in [9.17, 15) is 4.79 Å². The number of hydrogen-bond acceptors (Lipinski definition) is 4. The standard InChI is InChI=1S/C16H28N4O/c1-5-12(6-2)11-20(8-4)16(21)13-9-14(7-3)18-15(10-13)19-17/h9-10,12H,5-8,11,17H2,1-4H3,(H,18,19). The van der Waals surface area contributed by atoms with Gasteiger partial charge in [-0.25, -0.2) is 10.8 Å². The highest BCUT2D eigenvalue weighted by Crippen LogP contribution is 2.16. The van der Waals surface area contributed by atoms with E-state index in [1.165, 1.54) is 0 Å². The summed E-state index contributed by atoms with van der Waals surface area (Å²) in [6.45, 7) is 9.89. The van der Waals surface area contributed by atoms with Crippen LogP contribution in [-0.4, -0.2) is 28.9 Å². The molecule has 0 aromatic carbocycles. The van der Waals surface area contributed by atoms with Gasteiger partial charge in [-0.2, -0.15) is 0 Å². The molecule has 0 bridgehead atoms. The SMILES string of the molecule is CCc1cc(C(=O)N(CC)CC(CC)CC)cc(NN)n1. The second kappa shape index (κ2) is 8.62. The number of hydrazine groups is 1. The molecule has 0 fully saturated rings. The van der Waals surface area contributed by atoms with Crippen molar-refractivity contribution < 1.29 is 4.79 Å². The van der Waals surface area contributed by atoms with Crippen molar-refractivity contribution in [2.24, 2.45) is 11.8 Å². The molecule has 0 aliphatic heterocycles. The van der Waals surface area contributed by atoms with Gasteiger partial charge in [0.25, 0.3) is 5.91 Å². The fraction of sp³-hybridized carbons (Fsp3) is 0.625. The second-order valence-corrected chi connectivity index (χ2v) is 5.26. The largest absolute Gasteiger partial charge is 0.339 e. The van der Waals surface area contributed by atoms with Gasteiger partial charge in [-0.05, 0) is 31.4 Å². The smallest absolute Gasteiger partial charge is 0.254 e. The lowest BCUT2D eigenvalue weighted by atomic mass is 10.0. The van der Waals surface area contributed by atoms with Crippen LogP contribution in [0.2, 0.25) is 0 Å². The Balaban J connectivity index is 2.98. The quantitative estimate of drug-likeness (QED) is 0.571. The van der Waals surface area contributed by atoms with Gasteiger partial charge >= 0.3 is 0 Å². The van der Waals surface area contributed by atoms with Crippen LogP contribution < -0.4 is 11.3 Å². The van der Waals surface area contributed by atoms with Gasteiger partial charge in [0.2, 0.25) is 0 Å². The zero-order chi connectivity index (χ0) is 15.8. The summed E-state index contributed by atoms with van der Waals surface area (Å²) in [6.07, 6.45) is 2.95. The summed E-state index contributed by atoms with van der Waals surface area (Å²) in [5, 5.41) is 0. The highest BCUT2D eigenvalue weighted by molar-refractivity contribution is 5.95. The predicted octanol–water partition coefficient (Wildman–Crippen LogP) is 2.83. The number of nitrogens with one attached hydrogen (secondary N) is 1. The summed E-state index contributed by atoms with van der Waals surface area (Å²) >= 11 is 0. The van der Waals surface area contributed by atoms with Crippen molar-refractivity contribution in [1.29, 1.82) is 0 Å². The molecule has 0 saturated carbocycles. The third-order valence-corrected chi connectivity index (χ3v) is 3.94. The van der Waals surface area contributed by atoms with Crippen molar-refractivity contribution in [2.75, 3.05) is 18.5 Å². The average molecular weight is 292 g/mol. The van der Waals surface area contributed by atoms with E-state index in [0.717, 1.165) is 31.5 Å². The van der Waals surface area contributed by atoms with Crippen molar-refractivity contribution in [3.63, 3.8) is 0 Å². The molecule has 1 aromatic heterocycles. The van der Waals surface area contributed by atoms with Crippen molar-refractivity contribution in [3.05, 3.63) is 23.4 Å². The van der Waals surface area contributed by atoms with Gasteiger partial charge in [0, 0.05) is 24.3 Å². The third-order valence-electron chi connectivity index (χ3n) is 3.94. The molecule has 0 aliphatic carbocycles. The molecule has 3 N–H and O–H groups in total. The van der Waals surface area contributed by atoms with Crippen LogP contribution in [0.5, 0.6) is 0 Å². The fourth-order valence-electron chi connectivity index (χ4n) is 2.36. The topological polar surface area (TPSA) is 71.2 Å². The number of amides is 1. The minimum absolute atomic E-state index is 0.0537. The molecule has 5 heteroatoms. The molecule has 0 radical (unpaired) electrons. The summed E-state index contributed by atoms with van der Waals surface area (Å²) in [6, 6.07) is 3.58. The zero-order valence-electron chi connectivity index (χ0n) is 13.6. The number of nitrogen functional groups attached to an aromatic ring is 1. The number of nitrogens with two attached hydrogens (primary N) is 1. The Kier molecular flexibility index (Phi) is 7.15. The van der Waals surface area contributed by atoms with E-state index in [2.05, 4.69) is 24.3 Å². The number of pyridine rings is 1. The Morgan fingerprint density at radius 2 is 1.95 bits per heavy atom. The molecule has 0 unspecified atom stereocenters. The molecule has 0 spiro atoms. The van der Waals surface area contributed by atoms with Crippen LogP contribution in [0.3, 0.4) is 0 Å². The Morgan fingerprint density at radius 1 is 1.29 bits per heavy atom. The monoisotopic (exact) mass is 292 g/mol. The van der Waals surface area contributed by atoms with Crippen LogP contribution in [-0.2, 0) is 6.42 Å². The Hall–Kier alpha value is -1.62. The first-order valence-electron chi connectivity index (χ1n) is 7.86. The molecular weight excluding hydrogens is 264 g/mol. The van der Waals surface area contributed by atoms with Gasteiger partial charge < -0.3 is 10.3 Å². The fourth-order valence-corrected chi connectivity index (χ4v) is 2.36. The summed E-state index contributed by atoms with van der Waals surface area (Å²) in [7, 11) is 0. The molecule has 0 atom stereocenters. The maximum atomic E-state index is 12.7. The predicted molar refractivity (Wildman–Crippen MR) is 87.1 cm³/mol. The van der Waals surface area contributed by atoms with E-state index in [1.54, 1.807) is 6.07 Å². The Morgan fingerprint density at radius 3 is 2.43 bits per heavy atom. The van der Waals surface area contributed by atoms with E-state index in [4.69, 9.17) is 5.84 Å². The number of carbonyl (C=O) groups excluding carboxylic acids is 1. The molecule has 0 saturated heterocycles. The maximum Gasteiger partial charge on any atom is 0.254 e. The molecule has 21 heavy (non-hydrogen) atoms. The molecule has 118 valence electrons. The number of hydrogen-bond donors (Lipinski definition) is 2. The zero-order valence-corrected chi connectivity index (χ0v) is 13.6. The van der Waals surface area contributed by atoms with Crippen LogP contribution in [0, 0.1) is 5.92 Å². The lowest BCUT2D eigenvalue weighted by Gasteiger charge is -2.25. The molecule has 1 rings (SSSR count). The van der Waals surface area contributed by atoms with Gasteiger partial charge in [0.15, 0.2) is 0 Å². The second-order valence-electron chi connectivity index (χ2n) is 5.26. The number of nitrogens with zero attached hydrogens (tertiary/aromatic N) is 2. The van der Waals surface area contributed by atoms with Gasteiger partial charge in [-0.1, -0.05) is 33.6 Å². The van der Waals surface area contributed by atoms with Crippen molar-refractivity contribution in [3.8, 4) is 0 Å². The summed E-state index contributed by atoms with van der Waals surface area (Å²) < 4.78 is 0. The van der Waals surface area contributed by atoms with Crippen LogP contribution in [0.25, 0.3) is 0 Å². The van der Waals surface area contributed by atoms with E-state index < -0.39 is 0 Å². The van der Waals surface area contributed by atoms with Crippen molar-refractivity contribution in [2.45, 2.75) is 47.0 Å². The lowest BCUT2D eigenvalue weighted by Crippen LogP contribution is -2.35. The molecule has 1 aromatic rings. The molecule has 5 nitrogen and oxygen atoms in total. The first-order chi connectivity index (χ1) is 10.1. The van der Waals surface area contributed by atoms with Crippen LogP contribution in [0.4, 0.5) is 5.82 Å². The van der Waals surface area contributed by atoms with Crippen LogP contribution in [0.1, 0.15) is 56.6 Å². The minimum Gasteiger partial charge on any atom is -0.339 e. The van der Waals surface area contributed by atoms with Gasteiger partial charge in [0.1, 0.15) is 5.82 Å². The number of carbonyl (C=O) groups is 1. The normalized spacial score (nSPS) is 10.8. The molecule has 1 heterocycles. The van der Waals surface area contributed by atoms with Crippen LogP contribution >= 0.6 is 0 Å². The van der Waals surface area contributed by atoms with E-state index in [1.807, 2.05) is 24.8 Å². The minimum atomic E-state index is 0.0537. The molecule has 1 amide bonds. The Labute approximate surface area is 127 Å². The van der Waals surface area contributed by atoms with E-state index >= 15 is 0 Å². The van der Waals surface area contributed by atoms with E-state index in [-0.39, 0.29) is 5.91 Å². The number of rotatable bonds is 8. The highest BCUT2D eigenvalue weighted by Gasteiger charge is 2.18. The third kappa shape index (κ3) is 4.70. The molecule has 0 aliphatic rings. The van der Waals surface area contributed by atoms with Gasteiger partial charge in [-0.3, -0.25) is 4.79 Å². The first kappa shape index (κ1) is 17.4. The van der Waals surface area contributed by atoms with Crippen molar-refractivity contribution in [1.82, 2.24) is 9.88 Å². The summed E-state index contributed by atoms with van der Waals surface area (Å²) in [5.74, 6) is 6.58. The number of aromatic nitrogens is 1. The van der Waals surface area contributed by atoms with Gasteiger partial charge in [0.05, 0.1) is 0 Å². The highest BCUT2D eigenvalue weighted by atomic mass is 16.2. The van der Waals surface area contributed by atoms with Gasteiger partial charge in [-0.15, -0.1) is 0 Å². The molecular formula is C16H28N4O. The maximum absolute atomic E-state index is 12.7. The number of anilines is 1. The summed E-state index contributed by atoms with van der Waals surface area (Å²) in [4.78, 5) is 18.9. The summed E-state index contributed by atoms with van der Waals surface area (Å²) in [5.41, 5.74) is 4.06. The first-order valence-corrected chi connectivity index (χ1v) is 7.86. The van der Waals surface area contributed by atoms with E-state index in [0.29, 0.717) is 23.8 Å². The average Bonchev–Trinajstić information content (AvgIpc) is 2.54. The lowest BCUT2D eigenvalue weighted by molar-refractivity contribution is 0.0734. The number of aryl methyl sites for hydroxylation is 1. The van der Waals surface area contributed by atoms with Crippen molar-refractivity contribution >= 4 is 11.7 Å².